The summed E-state index contributed by atoms with van der Waals surface area (Å²) in [6, 6.07) is 9.68. The van der Waals surface area contributed by atoms with Crippen molar-refractivity contribution in [2.45, 2.75) is 6.42 Å². The maximum atomic E-state index is 11.1. The molecule has 1 aromatic carbocycles. The van der Waals surface area contributed by atoms with Crippen LogP contribution in [-0.2, 0) is 4.79 Å². The number of hydrogen-bond donors (Lipinski definition) is 0. The van der Waals surface area contributed by atoms with Crippen LogP contribution >= 0.6 is 16.1 Å². The molecule has 1 aromatic rings. The van der Waals surface area contributed by atoms with Crippen LogP contribution < -0.4 is 0 Å². The Morgan fingerprint density at radius 1 is 1.31 bits per heavy atom. The van der Waals surface area contributed by atoms with Crippen LogP contribution in [0.25, 0.3) is 0 Å². The summed E-state index contributed by atoms with van der Waals surface area (Å²) in [5.41, 5.74) is 1.81. The maximum Gasteiger partial charge on any atom is 0.259 e. The average Bonchev–Trinajstić information content (AvgIpc) is 2.49. The van der Waals surface area contributed by atoms with Gasteiger partial charge in [0.25, 0.3) is 5.91 Å². The van der Waals surface area contributed by atoms with Crippen molar-refractivity contribution in [1.82, 2.24) is 4.03 Å². The highest BCUT2D eigenvalue weighted by molar-refractivity contribution is 9.07. The van der Waals surface area contributed by atoms with Crippen molar-refractivity contribution in [2.24, 2.45) is 5.10 Å². The topological polar surface area (TPSA) is 32.7 Å². The Labute approximate surface area is 84.4 Å². The first-order valence-electron chi connectivity index (χ1n) is 3.89. The van der Waals surface area contributed by atoms with Crippen molar-refractivity contribution in [3.8, 4) is 0 Å². The minimum absolute atomic E-state index is 0.0288. The fraction of sp³-hybridized carbons (Fsp3) is 0.111. The van der Waals surface area contributed by atoms with Crippen molar-refractivity contribution in [3.05, 3.63) is 35.9 Å². The van der Waals surface area contributed by atoms with Crippen LogP contribution in [0.3, 0.4) is 0 Å². The lowest BCUT2D eigenvalue weighted by Crippen LogP contribution is -2.07. The molecule has 4 heteroatoms. The molecule has 0 fully saturated rings. The zero-order valence-electron chi connectivity index (χ0n) is 6.77. The van der Waals surface area contributed by atoms with E-state index in [9.17, 15) is 4.79 Å². The molecule has 1 aliphatic rings. The standard InChI is InChI=1S/C9H7BrN2O/c10-12-9(13)6-8(11-12)7-4-2-1-3-5-7/h1-5H,6H2. The molecule has 0 radical (unpaired) electrons. The second-order valence-corrected chi connectivity index (χ2v) is 3.42. The molecule has 1 aliphatic heterocycles. The van der Waals surface area contributed by atoms with Crippen LogP contribution in [0.1, 0.15) is 12.0 Å². The SMILES string of the molecule is O=C1CC(c2ccccc2)=NN1Br. The lowest BCUT2D eigenvalue weighted by molar-refractivity contribution is -0.123. The van der Waals surface area contributed by atoms with Gasteiger partial charge in [-0.15, -0.1) is 0 Å². The highest BCUT2D eigenvalue weighted by Crippen LogP contribution is 2.17. The number of nitrogens with zero attached hydrogens (tertiary/aromatic N) is 2. The molecule has 0 N–H and O–H groups in total. The molecule has 0 bridgehead atoms. The van der Waals surface area contributed by atoms with Gasteiger partial charge < -0.3 is 0 Å². The quantitative estimate of drug-likeness (QED) is 0.689. The Morgan fingerprint density at radius 3 is 2.54 bits per heavy atom. The van der Waals surface area contributed by atoms with E-state index in [-0.39, 0.29) is 5.91 Å². The predicted molar refractivity (Wildman–Crippen MR) is 53.4 cm³/mol. The summed E-state index contributed by atoms with van der Waals surface area (Å²) >= 11 is 3.04. The van der Waals surface area contributed by atoms with E-state index >= 15 is 0 Å². The Hall–Kier alpha value is -1.16. The molecule has 0 aromatic heterocycles. The summed E-state index contributed by atoms with van der Waals surface area (Å²) in [5.74, 6) is -0.0288. The maximum absolute atomic E-state index is 11.1. The van der Waals surface area contributed by atoms with Gasteiger partial charge in [-0.3, -0.25) is 4.79 Å². The van der Waals surface area contributed by atoms with E-state index in [1.54, 1.807) is 0 Å². The Balaban J connectivity index is 2.30. The molecule has 66 valence electrons. The zero-order chi connectivity index (χ0) is 9.26. The molecule has 2 rings (SSSR count). The Morgan fingerprint density at radius 2 is 2.00 bits per heavy atom. The van der Waals surface area contributed by atoms with Gasteiger partial charge in [0.15, 0.2) is 0 Å². The van der Waals surface area contributed by atoms with Crippen LogP contribution in [0.2, 0.25) is 0 Å². The first-order chi connectivity index (χ1) is 6.27. The van der Waals surface area contributed by atoms with Gasteiger partial charge in [0.2, 0.25) is 0 Å². The smallest absolute Gasteiger partial charge is 0.259 e. The Bertz CT molecular complexity index is 361. The van der Waals surface area contributed by atoms with E-state index in [0.29, 0.717) is 6.42 Å². The number of carbonyl (C=O) groups excluding carboxylic acids is 1. The predicted octanol–water partition coefficient (Wildman–Crippen LogP) is 1.93. The second-order valence-electron chi connectivity index (χ2n) is 2.74. The van der Waals surface area contributed by atoms with Gasteiger partial charge in [-0.05, 0) is 5.56 Å². The van der Waals surface area contributed by atoms with Gasteiger partial charge in [0.1, 0.15) is 0 Å². The van der Waals surface area contributed by atoms with E-state index in [0.717, 1.165) is 11.3 Å². The van der Waals surface area contributed by atoms with Crippen LogP contribution in [0.4, 0.5) is 0 Å². The largest absolute Gasteiger partial charge is 0.272 e. The Kier molecular flexibility index (Phi) is 2.14. The van der Waals surface area contributed by atoms with E-state index in [4.69, 9.17) is 0 Å². The summed E-state index contributed by atoms with van der Waals surface area (Å²) in [6.45, 7) is 0. The third-order valence-electron chi connectivity index (χ3n) is 1.84. The van der Waals surface area contributed by atoms with Crippen molar-refractivity contribution in [1.29, 1.82) is 0 Å². The monoisotopic (exact) mass is 238 g/mol. The number of benzene rings is 1. The normalized spacial score (nSPS) is 16.2. The van der Waals surface area contributed by atoms with Crippen molar-refractivity contribution < 1.29 is 4.79 Å². The molecular formula is C9H7BrN2O. The lowest BCUT2D eigenvalue weighted by Gasteiger charge is -1.96. The molecule has 13 heavy (non-hydrogen) atoms. The lowest BCUT2D eigenvalue weighted by atomic mass is 10.1. The van der Waals surface area contributed by atoms with Crippen molar-refractivity contribution in [2.75, 3.05) is 0 Å². The van der Waals surface area contributed by atoms with Gasteiger partial charge >= 0.3 is 0 Å². The molecule has 0 saturated heterocycles. The van der Waals surface area contributed by atoms with E-state index in [1.165, 1.54) is 4.03 Å². The van der Waals surface area contributed by atoms with Gasteiger partial charge in [0, 0.05) is 0 Å². The van der Waals surface area contributed by atoms with Crippen LogP contribution in [0, 0.1) is 0 Å². The van der Waals surface area contributed by atoms with Crippen LogP contribution in [0.5, 0.6) is 0 Å². The molecule has 3 nitrogen and oxygen atoms in total. The zero-order valence-corrected chi connectivity index (χ0v) is 8.36. The van der Waals surface area contributed by atoms with E-state index in [2.05, 4.69) is 21.2 Å². The third kappa shape index (κ3) is 1.62. The highest BCUT2D eigenvalue weighted by Gasteiger charge is 2.22. The minimum Gasteiger partial charge on any atom is -0.272 e. The van der Waals surface area contributed by atoms with Crippen LogP contribution in [0.15, 0.2) is 35.4 Å². The highest BCUT2D eigenvalue weighted by atomic mass is 79.9. The summed E-state index contributed by atoms with van der Waals surface area (Å²) in [4.78, 5) is 11.1. The molecule has 0 aliphatic carbocycles. The number of carbonyl (C=O) groups is 1. The molecular weight excluding hydrogens is 232 g/mol. The van der Waals surface area contributed by atoms with E-state index < -0.39 is 0 Å². The molecule has 0 atom stereocenters. The number of rotatable bonds is 1. The molecule has 1 heterocycles. The average molecular weight is 239 g/mol. The van der Waals surface area contributed by atoms with E-state index in [1.807, 2.05) is 30.3 Å². The van der Waals surface area contributed by atoms with Crippen molar-refractivity contribution >= 4 is 27.8 Å². The molecule has 0 unspecified atom stereocenters. The summed E-state index contributed by atoms with van der Waals surface area (Å²) in [7, 11) is 0. The molecule has 0 saturated carbocycles. The second kappa shape index (κ2) is 3.30. The molecule has 1 amide bonds. The van der Waals surface area contributed by atoms with Crippen LogP contribution in [-0.4, -0.2) is 15.7 Å². The molecule has 0 spiro atoms. The van der Waals surface area contributed by atoms with Gasteiger partial charge in [0.05, 0.1) is 28.3 Å². The first kappa shape index (κ1) is 8.44. The minimum atomic E-state index is -0.0288. The number of hydrazone groups is 1. The summed E-state index contributed by atoms with van der Waals surface area (Å²) in [5, 5.41) is 4.06. The fourth-order valence-electron chi connectivity index (χ4n) is 1.20. The summed E-state index contributed by atoms with van der Waals surface area (Å²) < 4.78 is 1.20. The first-order valence-corrected chi connectivity index (χ1v) is 4.60. The number of amides is 1. The number of hydrogen-bond acceptors (Lipinski definition) is 2. The summed E-state index contributed by atoms with van der Waals surface area (Å²) in [6.07, 6.45) is 0.370. The van der Waals surface area contributed by atoms with Gasteiger partial charge in [-0.1, -0.05) is 30.3 Å². The van der Waals surface area contributed by atoms with Gasteiger partial charge in [-0.2, -0.15) is 9.14 Å². The van der Waals surface area contributed by atoms with Crippen molar-refractivity contribution in [3.63, 3.8) is 0 Å². The van der Waals surface area contributed by atoms with Gasteiger partial charge in [-0.25, -0.2) is 0 Å². The fourth-order valence-corrected chi connectivity index (χ4v) is 1.51. The third-order valence-corrected chi connectivity index (χ3v) is 2.39. The number of halogens is 1.